The molecule has 0 aromatic carbocycles. The van der Waals surface area contributed by atoms with Crippen LogP contribution in [0.5, 0.6) is 0 Å². The Balaban J connectivity index is 1.28. The van der Waals surface area contributed by atoms with Crippen LogP contribution < -0.4 is 5.56 Å². The van der Waals surface area contributed by atoms with Crippen molar-refractivity contribution >= 4 is 5.91 Å². The molecule has 2 aromatic rings. The Kier molecular flexibility index (Phi) is 5.37. The van der Waals surface area contributed by atoms with Gasteiger partial charge in [-0.15, -0.1) is 5.10 Å². The molecular weight excluding hydrogens is 382 g/mol. The minimum atomic E-state index is 0.137. The van der Waals surface area contributed by atoms with Gasteiger partial charge in [0.25, 0.3) is 5.56 Å². The number of hydrogen-bond donors (Lipinski definition) is 0. The maximum absolute atomic E-state index is 13.2. The van der Waals surface area contributed by atoms with Crippen LogP contribution >= 0.6 is 0 Å². The molecule has 2 bridgehead atoms. The fourth-order valence-corrected chi connectivity index (χ4v) is 5.32. The van der Waals surface area contributed by atoms with Crippen LogP contribution in [0.4, 0.5) is 0 Å². The van der Waals surface area contributed by atoms with Gasteiger partial charge in [0.05, 0.1) is 6.54 Å². The Morgan fingerprint density at radius 3 is 2.77 bits per heavy atom. The number of likely N-dealkylation sites (tertiary alicyclic amines) is 2. The number of pyridine rings is 1. The molecule has 1 amide bonds. The molecule has 3 aliphatic heterocycles. The number of nitrogens with zero attached hydrogens (tertiary/aromatic N) is 7. The first-order valence-electron chi connectivity index (χ1n) is 11.1. The lowest BCUT2D eigenvalue weighted by molar-refractivity contribution is -0.134. The second kappa shape index (κ2) is 8.29. The van der Waals surface area contributed by atoms with Gasteiger partial charge in [0.15, 0.2) is 0 Å². The van der Waals surface area contributed by atoms with Crippen molar-refractivity contribution in [1.29, 1.82) is 0 Å². The van der Waals surface area contributed by atoms with Crippen LogP contribution in [0.1, 0.15) is 49.3 Å². The highest BCUT2D eigenvalue weighted by molar-refractivity contribution is 5.76. The number of aryl methyl sites for hydroxylation is 1. The van der Waals surface area contributed by atoms with E-state index in [-0.39, 0.29) is 17.4 Å². The van der Waals surface area contributed by atoms with Crippen molar-refractivity contribution in [2.45, 2.75) is 57.7 Å². The van der Waals surface area contributed by atoms with Gasteiger partial charge in [-0.05, 0) is 54.8 Å². The van der Waals surface area contributed by atoms with E-state index in [0.29, 0.717) is 25.4 Å². The summed E-state index contributed by atoms with van der Waals surface area (Å²) < 4.78 is 3.59. The number of carbonyl (C=O) groups is 1. The Morgan fingerprint density at radius 2 is 1.97 bits per heavy atom. The van der Waals surface area contributed by atoms with Crippen LogP contribution in [0.25, 0.3) is 0 Å². The third kappa shape index (κ3) is 3.90. The number of amides is 1. The van der Waals surface area contributed by atoms with Gasteiger partial charge in [-0.1, -0.05) is 12.5 Å². The first-order valence-corrected chi connectivity index (χ1v) is 11.1. The highest BCUT2D eigenvalue weighted by atomic mass is 16.2. The van der Waals surface area contributed by atoms with Gasteiger partial charge in [0.2, 0.25) is 5.91 Å². The van der Waals surface area contributed by atoms with Gasteiger partial charge < -0.3 is 9.47 Å². The lowest BCUT2D eigenvalue weighted by Crippen LogP contribution is -2.49. The number of carbonyl (C=O) groups excluding carboxylic acids is 1. The van der Waals surface area contributed by atoms with Crippen molar-refractivity contribution in [3.05, 3.63) is 40.1 Å². The van der Waals surface area contributed by atoms with Gasteiger partial charge >= 0.3 is 0 Å². The molecule has 2 aromatic heterocycles. The Morgan fingerprint density at radius 1 is 1.10 bits per heavy atom. The summed E-state index contributed by atoms with van der Waals surface area (Å²) in [7, 11) is 0. The predicted octanol–water partition coefficient (Wildman–Crippen LogP) is 0.857. The van der Waals surface area contributed by atoms with Crippen LogP contribution in [0.15, 0.2) is 23.3 Å². The fraction of sp³-hybridized carbons (Fsp3) is 0.667. The van der Waals surface area contributed by atoms with E-state index in [1.165, 1.54) is 25.6 Å². The molecule has 0 aliphatic carbocycles. The van der Waals surface area contributed by atoms with Gasteiger partial charge in [-0.25, -0.2) is 4.68 Å². The van der Waals surface area contributed by atoms with Gasteiger partial charge in [-0.3, -0.25) is 14.5 Å². The van der Waals surface area contributed by atoms with Crippen LogP contribution in [0, 0.1) is 5.92 Å². The van der Waals surface area contributed by atoms with Crippen LogP contribution in [0.2, 0.25) is 0 Å². The summed E-state index contributed by atoms with van der Waals surface area (Å²) in [5.74, 6) is 0.722. The predicted molar refractivity (Wildman–Crippen MR) is 110 cm³/mol. The standard InChI is InChI=1S/C21H29N7O2/c29-20(6-9-27-15-22-23-24-27)26-11-16-10-18(14-26)19-5-4-17(21(30)28(19)12-16)13-25-7-2-1-3-8-25/h4-5,15-16,18H,1-3,6-14H2/t16-,18+/m0/s1. The number of piperidine rings is 2. The minimum absolute atomic E-state index is 0.137. The largest absolute Gasteiger partial charge is 0.342 e. The summed E-state index contributed by atoms with van der Waals surface area (Å²) >= 11 is 0. The number of hydrogen-bond acceptors (Lipinski definition) is 6. The second-order valence-electron chi connectivity index (χ2n) is 8.96. The topological polar surface area (TPSA) is 89.2 Å². The SMILES string of the molecule is O=C(CCn1cnnn1)N1C[C@@H]2C[C@H](C1)c1ccc(CN3CCCCC3)c(=O)n1C2. The van der Waals surface area contributed by atoms with Crippen molar-refractivity contribution < 1.29 is 4.79 Å². The zero-order chi connectivity index (χ0) is 20.5. The van der Waals surface area contributed by atoms with Gasteiger partial charge in [0, 0.05) is 49.8 Å². The quantitative estimate of drug-likeness (QED) is 0.725. The lowest BCUT2D eigenvalue weighted by atomic mass is 9.83. The molecule has 0 N–H and O–H groups in total. The first-order chi connectivity index (χ1) is 14.7. The molecule has 5 heterocycles. The zero-order valence-electron chi connectivity index (χ0n) is 17.3. The van der Waals surface area contributed by atoms with Crippen LogP contribution in [0.3, 0.4) is 0 Å². The number of fused-ring (bicyclic) bond motifs is 4. The molecule has 9 nitrogen and oxygen atoms in total. The normalized spacial score (nSPS) is 23.9. The lowest BCUT2D eigenvalue weighted by Gasteiger charge is -2.43. The summed E-state index contributed by atoms with van der Waals surface area (Å²) in [6.07, 6.45) is 6.74. The summed E-state index contributed by atoms with van der Waals surface area (Å²) in [6, 6.07) is 4.16. The summed E-state index contributed by atoms with van der Waals surface area (Å²) in [5, 5.41) is 11.0. The van der Waals surface area contributed by atoms with E-state index in [1.54, 1.807) is 4.68 Å². The summed E-state index contributed by atoms with van der Waals surface area (Å²) in [5.41, 5.74) is 2.18. The molecule has 0 radical (unpaired) electrons. The van der Waals surface area contributed by atoms with E-state index in [0.717, 1.165) is 50.4 Å². The molecule has 160 valence electrons. The molecule has 30 heavy (non-hydrogen) atoms. The third-order valence-electron chi connectivity index (χ3n) is 6.82. The number of rotatable bonds is 5. The van der Waals surface area contributed by atoms with E-state index in [4.69, 9.17) is 0 Å². The van der Waals surface area contributed by atoms with Crippen molar-refractivity contribution in [2.75, 3.05) is 26.2 Å². The maximum atomic E-state index is 13.2. The van der Waals surface area contributed by atoms with E-state index in [1.807, 2.05) is 15.5 Å². The molecular formula is C21H29N7O2. The molecule has 3 aliphatic rings. The smallest absolute Gasteiger partial charge is 0.255 e. The van der Waals surface area contributed by atoms with Crippen molar-refractivity contribution in [3.8, 4) is 0 Å². The zero-order valence-corrected chi connectivity index (χ0v) is 17.3. The number of aromatic nitrogens is 5. The Labute approximate surface area is 175 Å². The molecule has 0 unspecified atom stereocenters. The van der Waals surface area contributed by atoms with E-state index in [2.05, 4.69) is 26.5 Å². The second-order valence-corrected chi connectivity index (χ2v) is 8.96. The highest BCUT2D eigenvalue weighted by Crippen LogP contribution is 2.35. The average molecular weight is 412 g/mol. The van der Waals surface area contributed by atoms with E-state index >= 15 is 0 Å². The summed E-state index contributed by atoms with van der Waals surface area (Å²) in [4.78, 5) is 30.3. The van der Waals surface area contributed by atoms with Crippen LogP contribution in [-0.2, 0) is 24.4 Å². The monoisotopic (exact) mass is 411 g/mol. The van der Waals surface area contributed by atoms with Gasteiger partial charge in [0.1, 0.15) is 6.33 Å². The fourth-order valence-electron chi connectivity index (χ4n) is 5.32. The highest BCUT2D eigenvalue weighted by Gasteiger charge is 2.36. The molecule has 0 saturated carbocycles. The maximum Gasteiger partial charge on any atom is 0.255 e. The number of tetrazole rings is 1. The average Bonchev–Trinajstić information content (AvgIpc) is 3.29. The van der Waals surface area contributed by atoms with E-state index in [9.17, 15) is 9.59 Å². The summed E-state index contributed by atoms with van der Waals surface area (Å²) in [6.45, 7) is 5.57. The molecule has 2 atom stereocenters. The first kappa shape index (κ1) is 19.4. The van der Waals surface area contributed by atoms with Crippen molar-refractivity contribution in [1.82, 2.24) is 34.6 Å². The van der Waals surface area contributed by atoms with Crippen LogP contribution in [-0.4, -0.2) is 66.7 Å². The Hall–Kier alpha value is -2.55. The van der Waals surface area contributed by atoms with E-state index < -0.39 is 0 Å². The molecule has 2 fully saturated rings. The molecule has 5 rings (SSSR count). The Bertz CT molecular complexity index is 949. The minimum Gasteiger partial charge on any atom is -0.342 e. The third-order valence-corrected chi connectivity index (χ3v) is 6.82. The molecule has 0 spiro atoms. The van der Waals surface area contributed by atoms with Crippen molar-refractivity contribution in [2.24, 2.45) is 5.92 Å². The van der Waals surface area contributed by atoms with Gasteiger partial charge in [-0.2, -0.15) is 0 Å². The molecule has 2 saturated heterocycles. The molecule has 9 heteroatoms. The van der Waals surface area contributed by atoms with Crippen molar-refractivity contribution in [3.63, 3.8) is 0 Å².